The Balaban J connectivity index is 1.74. The van der Waals surface area contributed by atoms with Crippen molar-refractivity contribution in [2.75, 3.05) is 12.3 Å². The number of ether oxygens (including phenoxy) is 1. The van der Waals surface area contributed by atoms with Gasteiger partial charge in [-0.1, -0.05) is 42.8 Å². The van der Waals surface area contributed by atoms with E-state index >= 15 is 0 Å². The van der Waals surface area contributed by atoms with Gasteiger partial charge in [0.2, 0.25) is 0 Å². The molecule has 0 aromatic heterocycles. The summed E-state index contributed by atoms with van der Waals surface area (Å²) in [5.41, 5.74) is 2.37. The van der Waals surface area contributed by atoms with E-state index in [9.17, 15) is 4.79 Å². The molecule has 2 aromatic carbocycles. The first-order valence-electron chi connectivity index (χ1n) is 8.32. The highest BCUT2D eigenvalue weighted by Gasteiger charge is 2.15. The van der Waals surface area contributed by atoms with Crippen molar-refractivity contribution in [2.45, 2.75) is 38.2 Å². The van der Waals surface area contributed by atoms with Crippen LogP contribution in [-0.4, -0.2) is 24.3 Å². The Morgan fingerprint density at radius 1 is 1.17 bits per heavy atom. The lowest BCUT2D eigenvalue weighted by Gasteiger charge is -2.16. The van der Waals surface area contributed by atoms with Gasteiger partial charge in [0.1, 0.15) is 5.75 Å². The first kappa shape index (κ1) is 18.4. The Morgan fingerprint density at radius 2 is 1.88 bits per heavy atom. The predicted molar refractivity (Wildman–Crippen MR) is 101 cm³/mol. The largest absolute Gasteiger partial charge is 0.481 e. The van der Waals surface area contributed by atoms with E-state index in [0.717, 1.165) is 23.5 Å². The van der Waals surface area contributed by atoms with E-state index in [4.69, 9.17) is 4.74 Å². The molecule has 1 unspecified atom stereocenters. The Bertz CT molecular complexity index is 655. The van der Waals surface area contributed by atoms with Crippen LogP contribution in [0.5, 0.6) is 5.75 Å². The molecule has 0 aliphatic heterocycles. The van der Waals surface area contributed by atoms with Crippen molar-refractivity contribution >= 4 is 17.7 Å². The Kier molecular flexibility index (Phi) is 7.19. The summed E-state index contributed by atoms with van der Waals surface area (Å²) in [5.74, 6) is 1.55. The third kappa shape index (κ3) is 5.60. The van der Waals surface area contributed by atoms with Crippen molar-refractivity contribution in [2.24, 2.45) is 0 Å². The van der Waals surface area contributed by atoms with Gasteiger partial charge in [-0.3, -0.25) is 4.79 Å². The molecule has 1 atom stereocenters. The number of hydrogen-bond donors (Lipinski definition) is 1. The topological polar surface area (TPSA) is 38.3 Å². The molecule has 24 heavy (non-hydrogen) atoms. The number of hydrogen-bond acceptors (Lipinski definition) is 3. The smallest absolute Gasteiger partial charge is 0.260 e. The molecule has 0 bridgehead atoms. The summed E-state index contributed by atoms with van der Waals surface area (Å²) in [6.07, 6.45) is 0.389. The third-order valence-electron chi connectivity index (χ3n) is 3.72. The number of carbonyl (C=O) groups is 1. The molecule has 4 heteroatoms. The monoisotopic (exact) mass is 343 g/mol. The standard InChI is InChI=1S/C20H25NO2S/c1-4-17-7-5-6-8-19(17)23-16(3)20(22)21-13-14-24-18-11-9-15(2)10-12-18/h5-12,16H,4,13-14H2,1-3H3,(H,21,22). The molecular weight excluding hydrogens is 318 g/mol. The fraction of sp³-hybridized carbons (Fsp3) is 0.350. The van der Waals surface area contributed by atoms with Crippen LogP contribution in [0.3, 0.4) is 0 Å². The predicted octanol–water partition coefficient (Wildman–Crippen LogP) is 4.23. The first-order chi connectivity index (χ1) is 11.6. The van der Waals surface area contributed by atoms with Gasteiger partial charge >= 0.3 is 0 Å². The van der Waals surface area contributed by atoms with Crippen molar-refractivity contribution in [1.82, 2.24) is 5.32 Å². The number of thioether (sulfide) groups is 1. The maximum atomic E-state index is 12.2. The van der Waals surface area contributed by atoms with Gasteiger partial charge in [-0.25, -0.2) is 0 Å². The summed E-state index contributed by atoms with van der Waals surface area (Å²) in [5, 5.41) is 2.94. The van der Waals surface area contributed by atoms with Gasteiger partial charge in [0, 0.05) is 17.2 Å². The first-order valence-corrected chi connectivity index (χ1v) is 9.30. The summed E-state index contributed by atoms with van der Waals surface area (Å²) in [6.45, 7) is 6.57. The van der Waals surface area contributed by atoms with Crippen molar-refractivity contribution < 1.29 is 9.53 Å². The maximum Gasteiger partial charge on any atom is 0.260 e. The minimum atomic E-state index is -0.498. The lowest BCUT2D eigenvalue weighted by atomic mass is 10.1. The zero-order valence-corrected chi connectivity index (χ0v) is 15.4. The highest BCUT2D eigenvalue weighted by atomic mass is 32.2. The van der Waals surface area contributed by atoms with Crippen LogP contribution in [0.15, 0.2) is 53.4 Å². The van der Waals surface area contributed by atoms with Gasteiger partial charge in [0.05, 0.1) is 0 Å². The fourth-order valence-electron chi connectivity index (χ4n) is 2.28. The summed E-state index contributed by atoms with van der Waals surface area (Å²) in [7, 11) is 0. The molecular formula is C20H25NO2S. The van der Waals surface area contributed by atoms with E-state index in [-0.39, 0.29) is 5.91 Å². The molecule has 1 amide bonds. The van der Waals surface area contributed by atoms with Gasteiger partial charge < -0.3 is 10.1 Å². The number of aryl methyl sites for hydroxylation is 2. The summed E-state index contributed by atoms with van der Waals surface area (Å²) < 4.78 is 5.81. The lowest BCUT2D eigenvalue weighted by Crippen LogP contribution is -2.37. The van der Waals surface area contributed by atoms with E-state index in [2.05, 4.69) is 43.4 Å². The highest BCUT2D eigenvalue weighted by Crippen LogP contribution is 2.20. The zero-order chi connectivity index (χ0) is 17.4. The van der Waals surface area contributed by atoms with E-state index in [1.54, 1.807) is 18.7 Å². The molecule has 2 rings (SSSR count). The molecule has 0 aliphatic carbocycles. The molecule has 0 fully saturated rings. The van der Waals surface area contributed by atoms with E-state index in [1.165, 1.54) is 10.5 Å². The fourth-order valence-corrected chi connectivity index (χ4v) is 3.04. The molecule has 3 nitrogen and oxygen atoms in total. The molecule has 0 aliphatic rings. The van der Waals surface area contributed by atoms with E-state index in [1.807, 2.05) is 24.3 Å². The summed E-state index contributed by atoms with van der Waals surface area (Å²) in [6, 6.07) is 16.3. The van der Waals surface area contributed by atoms with E-state index in [0.29, 0.717) is 6.54 Å². The van der Waals surface area contributed by atoms with Crippen LogP contribution in [-0.2, 0) is 11.2 Å². The number of amides is 1. The molecule has 0 saturated carbocycles. The number of benzene rings is 2. The average molecular weight is 343 g/mol. The molecule has 2 aromatic rings. The maximum absolute atomic E-state index is 12.2. The van der Waals surface area contributed by atoms with Crippen molar-refractivity contribution in [3.63, 3.8) is 0 Å². The van der Waals surface area contributed by atoms with Crippen molar-refractivity contribution in [1.29, 1.82) is 0 Å². The van der Waals surface area contributed by atoms with E-state index < -0.39 is 6.10 Å². The third-order valence-corrected chi connectivity index (χ3v) is 4.73. The van der Waals surface area contributed by atoms with Crippen LogP contribution >= 0.6 is 11.8 Å². The van der Waals surface area contributed by atoms with Crippen LogP contribution in [0.1, 0.15) is 25.0 Å². The number of rotatable bonds is 8. The minimum Gasteiger partial charge on any atom is -0.481 e. The average Bonchev–Trinajstić information content (AvgIpc) is 2.60. The van der Waals surface area contributed by atoms with Gasteiger partial charge in [0.25, 0.3) is 5.91 Å². The molecule has 128 valence electrons. The zero-order valence-electron chi connectivity index (χ0n) is 14.5. The van der Waals surface area contributed by atoms with Crippen LogP contribution < -0.4 is 10.1 Å². The lowest BCUT2D eigenvalue weighted by molar-refractivity contribution is -0.127. The molecule has 1 N–H and O–H groups in total. The quantitative estimate of drug-likeness (QED) is 0.576. The Labute approximate surface area is 148 Å². The molecule has 0 radical (unpaired) electrons. The van der Waals surface area contributed by atoms with Crippen molar-refractivity contribution in [3.8, 4) is 5.75 Å². The number of para-hydroxylation sites is 1. The Morgan fingerprint density at radius 3 is 2.58 bits per heavy atom. The second-order valence-corrected chi connectivity index (χ2v) is 6.84. The molecule has 0 heterocycles. The van der Waals surface area contributed by atoms with Gasteiger partial charge in [-0.2, -0.15) is 0 Å². The second-order valence-electron chi connectivity index (χ2n) is 5.67. The normalized spacial score (nSPS) is 11.8. The molecule has 0 spiro atoms. The minimum absolute atomic E-state index is 0.0783. The number of nitrogens with one attached hydrogen (secondary N) is 1. The second kappa shape index (κ2) is 9.38. The van der Waals surface area contributed by atoms with Gasteiger partial charge in [-0.15, -0.1) is 11.8 Å². The summed E-state index contributed by atoms with van der Waals surface area (Å²) >= 11 is 1.74. The Hall–Kier alpha value is -1.94. The van der Waals surface area contributed by atoms with Gasteiger partial charge in [-0.05, 0) is 44.0 Å². The summed E-state index contributed by atoms with van der Waals surface area (Å²) in [4.78, 5) is 13.4. The SMILES string of the molecule is CCc1ccccc1OC(C)C(=O)NCCSc1ccc(C)cc1. The molecule has 0 saturated heterocycles. The van der Waals surface area contributed by atoms with Crippen LogP contribution in [0, 0.1) is 6.92 Å². The highest BCUT2D eigenvalue weighted by molar-refractivity contribution is 7.99. The number of carbonyl (C=O) groups excluding carboxylic acids is 1. The van der Waals surface area contributed by atoms with Crippen molar-refractivity contribution in [3.05, 3.63) is 59.7 Å². The van der Waals surface area contributed by atoms with Crippen LogP contribution in [0.2, 0.25) is 0 Å². The van der Waals surface area contributed by atoms with Gasteiger partial charge in [0.15, 0.2) is 6.10 Å². The van der Waals surface area contributed by atoms with Crippen LogP contribution in [0.25, 0.3) is 0 Å². The van der Waals surface area contributed by atoms with Crippen LogP contribution in [0.4, 0.5) is 0 Å².